The van der Waals surface area contributed by atoms with Gasteiger partial charge in [0, 0.05) is 25.1 Å². The van der Waals surface area contributed by atoms with Crippen LogP contribution in [0.3, 0.4) is 0 Å². The van der Waals surface area contributed by atoms with Gasteiger partial charge in [-0.3, -0.25) is 4.98 Å². The molecule has 2 heterocycles. The molecule has 0 unspecified atom stereocenters. The fraction of sp³-hybridized carbons (Fsp3) is 0. The Kier molecular flexibility index (Phi) is 1.66. The van der Waals surface area contributed by atoms with Gasteiger partial charge >= 0.3 is 0 Å². The molecule has 3 rings (SSSR count). The zero-order valence-corrected chi connectivity index (χ0v) is 7.86. The molecule has 3 nitrogen and oxygen atoms in total. The summed E-state index contributed by atoms with van der Waals surface area (Å²) < 4.78 is 0. The van der Waals surface area contributed by atoms with Crippen molar-refractivity contribution in [3.8, 4) is 11.3 Å². The van der Waals surface area contributed by atoms with Crippen LogP contribution in [0.5, 0.6) is 0 Å². The van der Waals surface area contributed by atoms with E-state index < -0.39 is 0 Å². The van der Waals surface area contributed by atoms with Crippen molar-refractivity contribution in [3.63, 3.8) is 0 Å². The van der Waals surface area contributed by atoms with Crippen LogP contribution < -0.4 is 0 Å². The lowest BCUT2D eigenvalue weighted by atomic mass is 10.2. The van der Waals surface area contributed by atoms with Gasteiger partial charge in [-0.25, -0.2) is 4.98 Å². The average molecular weight is 195 g/mol. The Morgan fingerprint density at radius 1 is 1.20 bits per heavy atom. The number of hydrogen-bond donors (Lipinski definition) is 1. The predicted octanol–water partition coefficient (Wildman–Crippen LogP) is 2.47. The van der Waals surface area contributed by atoms with Crippen molar-refractivity contribution in [1.82, 2.24) is 15.0 Å². The summed E-state index contributed by atoms with van der Waals surface area (Å²) in [5, 5.41) is 0. The van der Waals surface area contributed by atoms with Gasteiger partial charge in [-0.15, -0.1) is 0 Å². The van der Waals surface area contributed by atoms with Gasteiger partial charge in [-0.2, -0.15) is 0 Å². The molecule has 0 saturated carbocycles. The topological polar surface area (TPSA) is 41.6 Å². The van der Waals surface area contributed by atoms with E-state index in [1.807, 2.05) is 24.3 Å². The summed E-state index contributed by atoms with van der Waals surface area (Å²) in [6.07, 6.45) is 3.36. The maximum Gasteiger partial charge on any atom is 0.156 e. The molecular formula is C12H9N3. The average Bonchev–Trinajstić information content (AvgIpc) is 2.74. The van der Waals surface area contributed by atoms with E-state index in [1.165, 1.54) is 0 Å². The van der Waals surface area contributed by atoms with Crippen molar-refractivity contribution >= 4 is 11.2 Å². The maximum absolute atomic E-state index is 4.22. The molecule has 0 atom stereocenters. The van der Waals surface area contributed by atoms with E-state index in [1.54, 1.807) is 12.4 Å². The number of aromatic nitrogens is 3. The number of rotatable bonds is 1. The number of nitrogens with one attached hydrogen (secondary N) is 1. The summed E-state index contributed by atoms with van der Waals surface area (Å²) in [5.74, 6) is 0. The highest BCUT2D eigenvalue weighted by molar-refractivity contribution is 5.79. The SMILES string of the molecule is [HH].c1ccc(-c2cc3nccnc3[nH]2)cc#1. The van der Waals surface area contributed by atoms with Crippen molar-refractivity contribution in [2.75, 3.05) is 0 Å². The van der Waals surface area contributed by atoms with Gasteiger partial charge in [0.05, 0.1) is 0 Å². The molecule has 0 fully saturated rings. The first-order valence-corrected chi connectivity index (χ1v) is 4.61. The normalized spacial score (nSPS) is 10.1. The lowest BCUT2D eigenvalue weighted by Crippen LogP contribution is -1.77. The van der Waals surface area contributed by atoms with Crippen molar-refractivity contribution in [2.24, 2.45) is 0 Å². The van der Waals surface area contributed by atoms with Gasteiger partial charge < -0.3 is 4.98 Å². The Hall–Kier alpha value is -2.34. The van der Waals surface area contributed by atoms with Crippen LogP contribution >= 0.6 is 0 Å². The van der Waals surface area contributed by atoms with Crippen LogP contribution in [0.4, 0.5) is 0 Å². The van der Waals surface area contributed by atoms with Gasteiger partial charge in [-0.05, 0) is 24.3 Å². The molecule has 1 N–H and O–H groups in total. The molecule has 3 heteroatoms. The maximum atomic E-state index is 4.22. The number of hydrogen-bond acceptors (Lipinski definition) is 2. The zero-order chi connectivity index (χ0) is 10.1. The van der Waals surface area contributed by atoms with Crippen molar-refractivity contribution in [3.05, 3.63) is 48.8 Å². The third-order valence-corrected chi connectivity index (χ3v) is 2.23. The second-order valence-corrected chi connectivity index (χ2v) is 3.19. The third kappa shape index (κ3) is 1.32. The smallest absolute Gasteiger partial charge is 0.156 e. The van der Waals surface area contributed by atoms with Crippen molar-refractivity contribution < 1.29 is 1.43 Å². The molecule has 3 aromatic rings. The molecular weight excluding hydrogens is 186 g/mol. The zero-order valence-electron chi connectivity index (χ0n) is 7.86. The first-order chi connectivity index (χ1) is 7.43. The first kappa shape index (κ1) is 8.01. The molecule has 0 aliphatic rings. The monoisotopic (exact) mass is 195 g/mol. The van der Waals surface area contributed by atoms with Crippen LogP contribution in [0.25, 0.3) is 22.4 Å². The number of aromatic amines is 1. The highest BCUT2D eigenvalue weighted by Gasteiger charge is 2.03. The molecule has 2 aromatic heterocycles. The molecule has 0 amide bonds. The Labute approximate surface area is 88.3 Å². The largest absolute Gasteiger partial charge is 0.338 e. The van der Waals surface area contributed by atoms with Gasteiger partial charge in [0.15, 0.2) is 5.65 Å². The van der Waals surface area contributed by atoms with E-state index in [9.17, 15) is 0 Å². The van der Waals surface area contributed by atoms with Gasteiger partial charge in [0.1, 0.15) is 5.52 Å². The second kappa shape index (κ2) is 3.10. The highest BCUT2D eigenvalue weighted by Crippen LogP contribution is 2.20. The van der Waals surface area contributed by atoms with Crippen LogP contribution in [-0.4, -0.2) is 15.0 Å². The minimum Gasteiger partial charge on any atom is -0.338 e. The van der Waals surface area contributed by atoms with Gasteiger partial charge in [0.2, 0.25) is 0 Å². The predicted molar refractivity (Wildman–Crippen MR) is 59.1 cm³/mol. The number of nitrogens with zero attached hydrogens (tertiary/aromatic N) is 2. The van der Waals surface area contributed by atoms with E-state index in [-0.39, 0.29) is 1.43 Å². The molecule has 0 bridgehead atoms. The molecule has 0 spiro atoms. The van der Waals surface area contributed by atoms with E-state index in [0.717, 1.165) is 22.4 Å². The summed E-state index contributed by atoms with van der Waals surface area (Å²) in [5.41, 5.74) is 3.75. The summed E-state index contributed by atoms with van der Waals surface area (Å²) >= 11 is 0. The summed E-state index contributed by atoms with van der Waals surface area (Å²) in [6, 6.07) is 13.4. The van der Waals surface area contributed by atoms with Crippen LogP contribution in [0.1, 0.15) is 1.43 Å². The van der Waals surface area contributed by atoms with Crippen LogP contribution in [0.15, 0.2) is 36.7 Å². The molecule has 0 aliphatic carbocycles. The first-order valence-electron chi connectivity index (χ1n) is 4.61. The minimum atomic E-state index is 0. The second-order valence-electron chi connectivity index (χ2n) is 3.19. The minimum absolute atomic E-state index is 0. The van der Waals surface area contributed by atoms with Gasteiger partial charge in [0.25, 0.3) is 0 Å². The molecule has 15 heavy (non-hydrogen) atoms. The van der Waals surface area contributed by atoms with Crippen LogP contribution in [0.2, 0.25) is 0 Å². The van der Waals surface area contributed by atoms with Crippen molar-refractivity contribution in [2.45, 2.75) is 0 Å². The van der Waals surface area contributed by atoms with E-state index in [0.29, 0.717) is 0 Å². The van der Waals surface area contributed by atoms with Gasteiger partial charge in [-0.1, -0.05) is 12.1 Å². The molecule has 72 valence electrons. The fourth-order valence-corrected chi connectivity index (χ4v) is 1.52. The quantitative estimate of drug-likeness (QED) is 0.648. The van der Waals surface area contributed by atoms with E-state index >= 15 is 0 Å². The van der Waals surface area contributed by atoms with E-state index in [2.05, 4.69) is 27.1 Å². The Bertz CT molecular complexity index is 556. The van der Waals surface area contributed by atoms with Crippen molar-refractivity contribution in [1.29, 1.82) is 0 Å². The summed E-state index contributed by atoms with van der Waals surface area (Å²) in [4.78, 5) is 11.6. The summed E-state index contributed by atoms with van der Waals surface area (Å²) in [7, 11) is 0. The fourth-order valence-electron chi connectivity index (χ4n) is 1.52. The lowest BCUT2D eigenvalue weighted by molar-refractivity contribution is 1.26. The Balaban J connectivity index is 0.000000963. The number of H-pyrrole nitrogens is 1. The Morgan fingerprint density at radius 2 is 2.13 bits per heavy atom. The van der Waals surface area contributed by atoms with Crippen LogP contribution in [-0.2, 0) is 0 Å². The Morgan fingerprint density at radius 3 is 2.93 bits per heavy atom. The highest BCUT2D eigenvalue weighted by atomic mass is 14.9. The lowest BCUT2D eigenvalue weighted by Gasteiger charge is -1.91. The molecule has 0 aliphatic heterocycles. The third-order valence-electron chi connectivity index (χ3n) is 2.23. The standard InChI is InChI=1S/C12H7N3.H2/c1-2-4-9(5-3-1)10-8-11-12(15-10)14-7-6-13-11;/h2,4-8H,(H,14,15);1H. The molecule has 0 saturated heterocycles. The molecule has 1 aromatic carbocycles. The van der Waals surface area contributed by atoms with E-state index in [4.69, 9.17) is 0 Å². The molecule has 0 radical (unpaired) electrons. The summed E-state index contributed by atoms with van der Waals surface area (Å²) in [6.45, 7) is 0. The number of fused-ring (bicyclic) bond motifs is 1. The van der Waals surface area contributed by atoms with Crippen LogP contribution in [0, 0.1) is 12.1 Å².